The number of hydrogen-bond acceptors (Lipinski definition) is 5. The minimum absolute atomic E-state index is 0. The summed E-state index contributed by atoms with van der Waals surface area (Å²) in [5, 5.41) is 31.2. The standard InChI is InChI=1S/C12H15F3N2O3.2ClH/c13-12(14,15)11(17-5-3-16-4-6-17)7-1-2-8(18)10(20)9(7)19;;/h1-2,11,16,18-20H,3-6H2;2*1H/t11-;;/m1../s1. The third-order valence-corrected chi connectivity index (χ3v) is 3.28. The van der Waals surface area contributed by atoms with E-state index in [1.54, 1.807) is 0 Å². The number of benzene rings is 1. The zero-order chi connectivity index (χ0) is 14.9. The number of phenols is 3. The van der Waals surface area contributed by atoms with Crippen molar-refractivity contribution in [2.24, 2.45) is 0 Å². The van der Waals surface area contributed by atoms with Gasteiger partial charge >= 0.3 is 6.18 Å². The van der Waals surface area contributed by atoms with Crippen LogP contribution in [0.3, 0.4) is 0 Å². The van der Waals surface area contributed by atoms with Crippen LogP contribution in [0.25, 0.3) is 0 Å². The Morgan fingerprint density at radius 1 is 1.00 bits per heavy atom. The third-order valence-electron chi connectivity index (χ3n) is 3.28. The number of phenolic OH excluding ortho intramolecular Hbond substituents is 3. The quantitative estimate of drug-likeness (QED) is 0.605. The van der Waals surface area contributed by atoms with Crippen molar-refractivity contribution in [3.63, 3.8) is 0 Å². The molecule has 2 rings (SSSR count). The van der Waals surface area contributed by atoms with Gasteiger partial charge in [-0.1, -0.05) is 0 Å². The van der Waals surface area contributed by atoms with Crippen LogP contribution in [0.1, 0.15) is 11.6 Å². The first-order chi connectivity index (χ1) is 9.32. The third kappa shape index (κ3) is 4.22. The van der Waals surface area contributed by atoms with Crippen LogP contribution >= 0.6 is 24.8 Å². The average molecular weight is 365 g/mol. The molecule has 1 aromatic carbocycles. The van der Waals surface area contributed by atoms with Crippen LogP contribution in [-0.4, -0.2) is 52.6 Å². The molecule has 1 atom stereocenters. The van der Waals surface area contributed by atoms with E-state index in [4.69, 9.17) is 0 Å². The maximum absolute atomic E-state index is 13.3. The molecule has 1 aliphatic rings. The fourth-order valence-corrected chi connectivity index (χ4v) is 2.33. The molecule has 0 aliphatic carbocycles. The van der Waals surface area contributed by atoms with Gasteiger partial charge in [-0.15, -0.1) is 24.8 Å². The Balaban J connectivity index is 0.00000220. The van der Waals surface area contributed by atoms with E-state index in [1.165, 1.54) is 4.90 Å². The molecule has 10 heteroatoms. The van der Waals surface area contributed by atoms with E-state index >= 15 is 0 Å². The molecule has 1 aliphatic heterocycles. The topological polar surface area (TPSA) is 76.0 Å². The van der Waals surface area contributed by atoms with Crippen LogP contribution < -0.4 is 5.32 Å². The lowest BCUT2D eigenvalue weighted by atomic mass is 10.0. The summed E-state index contributed by atoms with van der Waals surface area (Å²) in [7, 11) is 0. The van der Waals surface area contributed by atoms with Crippen molar-refractivity contribution in [1.82, 2.24) is 10.2 Å². The Morgan fingerprint density at radius 2 is 1.55 bits per heavy atom. The van der Waals surface area contributed by atoms with E-state index in [2.05, 4.69) is 5.32 Å². The van der Waals surface area contributed by atoms with Crippen molar-refractivity contribution in [2.45, 2.75) is 12.2 Å². The van der Waals surface area contributed by atoms with Gasteiger partial charge in [-0.25, -0.2) is 0 Å². The number of aromatic hydroxyl groups is 3. The van der Waals surface area contributed by atoms with Gasteiger partial charge in [0, 0.05) is 31.7 Å². The van der Waals surface area contributed by atoms with E-state index in [0.29, 0.717) is 13.1 Å². The SMILES string of the molecule is Cl.Cl.Oc1ccc([C@@H](N2CCNCC2)C(F)(F)F)c(O)c1O. The summed E-state index contributed by atoms with van der Waals surface area (Å²) in [5.41, 5.74) is -0.463. The highest BCUT2D eigenvalue weighted by atomic mass is 35.5. The molecule has 0 radical (unpaired) electrons. The van der Waals surface area contributed by atoms with Crippen LogP contribution in [-0.2, 0) is 0 Å². The van der Waals surface area contributed by atoms with Gasteiger partial charge in [0.2, 0.25) is 5.75 Å². The first kappa shape index (κ1) is 20.9. The van der Waals surface area contributed by atoms with Gasteiger partial charge in [-0.05, 0) is 12.1 Å². The minimum Gasteiger partial charge on any atom is -0.504 e. The maximum atomic E-state index is 13.3. The van der Waals surface area contributed by atoms with Crippen LogP contribution in [0.2, 0.25) is 0 Å². The van der Waals surface area contributed by atoms with Crippen molar-refractivity contribution in [3.8, 4) is 17.2 Å². The first-order valence-electron chi connectivity index (χ1n) is 6.07. The lowest BCUT2D eigenvalue weighted by Gasteiger charge is -2.36. The molecule has 1 aromatic rings. The lowest BCUT2D eigenvalue weighted by Crippen LogP contribution is -2.49. The second-order valence-corrected chi connectivity index (χ2v) is 4.60. The largest absolute Gasteiger partial charge is 0.504 e. The molecule has 128 valence electrons. The number of rotatable bonds is 2. The number of halogens is 5. The molecular weight excluding hydrogens is 348 g/mol. The Bertz CT molecular complexity index is 497. The molecule has 0 aromatic heterocycles. The second-order valence-electron chi connectivity index (χ2n) is 4.60. The number of nitrogens with one attached hydrogen (secondary N) is 1. The summed E-state index contributed by atoms with van der Waals surface area (Å²) in [6.45, 7) is 1.17. The van der Waals surface area contributed by atoms with E-state index in [0.717, 1.165) is 12.1 Å². The van der Waals surface area contributed by atoms with Crippen LogP contribution in [0, 0.1) is 0 Å². The summed E-state index contributed by atoms with van der Waals surface area (Å²) < 4.78 is 39.9. The number of nitrogens with zero attached hydrogens (tertiary/aromatic N) is 1. The molecule has 0 saturated carbocycles. The van der Waals surface area contributed by atoms with Gasteiger partial charge in [-0.2, -0.15) is 13.2 Å². The Hall–Kier alpha value is -1.09. The van der Waals surface area contributed by atoms with Gasteiger partial charge < -0.3 is 20.6 Å². The van der Waals surface area contributed by atoms with E-state index in [9.17, 15) is 28.5 Å². The fourth-order valence-electron chi connectivity index (χ4n) is 2.33. The Labute approximate surface area is 137 Å². The summed E-state index contributed by atoms with van der Waals surface area (Å²) in [4.78, 5) is 1.18. The zero-order valence-electron chi connectivity index (χ0n) is 11.3. The maximum Gasteiger partial charge on any atom is 0.408 e. The average Bonchev–Trinajstić information content (AvgIpc) is 2.39. The zero-order valence-corrected chi connectivity index (χ0v) is 12.9. The molecule has 1 saturated heterocycles. The van der Waals surface area contributed by atoms with Crippen LogP contribution in [0.4, 0.5) is 13.2 Å². The van der Waals surface area contributed by atoms with Crippen LogP contribution in [0.5, 0.6) is 17.2 Å². The summed E-state index contributed by atoms with van der Waals surface area (Å²) >= 11 is 0. The Kier molecular flexibility index (Phi) is 7.56. The summed E-state index contributed by atoms with van der Waals surface area (Å²) in [6, 6.07) is -0.105. The second kappa shape index (κ2) is 7.96. The van der Waals surface area contributed by atoms with Crippen molar-refractivity contribution >= 4 is 24.8 Å². The van der Waals surface area contributed by atoms with E-state index in [1.807, 2.05) is 0 Å². The predicted molar refractivity (Wildman–Crippen MR) is 79.2 cm³/mol. The van der Waals surface area contributed by atoms with Gasteiger partial charge in [0.15, 0.2) is 11.5 Å². The predicted octanol–water partition coefficient (Wildman–Crippen LogP) is 2.16. The Morgan fingerprint density at radius 3 is 2.05 bits per heavy atom. The molecular formula is C12H17Cl2F3N2O3. The molecule has 0 unspecified atom stereocenters. The van der Waals surface area contributed by atoms with Gasteiger partial charge in [0.1, 0.15) is 6.04 Å². The monoisotopic (exact) mass is 364 g/mol. The highest BCUT2D eigenvalue weighted by molar-refractivity contribution is 5.85. The van der Waals surface area contributed by atoms with Gasteiger partial charge in [0.05, 0.1) is 0 Å². The summed E-state index contributed by atoms with van der Waals surface area (Å²) in [5.74, 6) is -2.54. The van der Waals surface area contributed by atoms with Crippen LogP contribution in [0.15, 0.2) is 12.1 Å². The molecule has 0 spiro atoms. The van der Waals surface area contributed by atoms with E-state index < -0.39 is 35.0 Å². The van der Waals surface area contributed by atoms with Crippen molar-refractivity contribution < 1.29 is 28.5 Å². The molecule has 0 bridgehead atoms. The molecule has 4 N–H and O–H groups in total. The molecule has 1 fully saturated rings. The first-order valence-corrected chi connectivity index (χ1v) is 6.07. The fraction of sp³-hybridized carbons (Fsp3) is 0.500. The molecule has 0 amide bonds. The number of alkyl halides is 3. The summed E-state index contributed by atoms with van der Waals surface area (Å²) in [6.07, 6.45) is -4.60. The van der Waals surface area contributed by atoms with Gasteiger partial charge in [-0.3, -0.25) is 4.90 Å². The molecule has 22 heavy (non-hydrogen) atoms. The lowest BCUT2D eigenvalue weighted by molar-refractivity contribution is -0.188. The molecule has 1 heterocycles. The molecule has 5 nitrogen and oxygen atoms in total. The highest BCUT2D eigenvalue weighted by Crippen LogP contribution is 2.46. The van der Waals surface area contributed by atoms with Crippen molar-refractivity contribution in [3.05, 3.63) is 17.7 Å². The number of piperazine rings is 1. The van der Waals surface area contributed by atoms with E-state index in [-0.39, 0.29) is 37.9 Å². The number of hydrogen-bond donors (Lipinski definition) is 4. The minimum atomic E-state index is -4.60. The van der Waals surface area contributed by atoms with Gasteiger partial charge in [0.25, 0.3) is 0 Å². The highest BCUT2D eigenvalue weighted by Gasteiger charge is 2.46. The normalized spacial score (nSPS) is 17.2. The van der Waals surface area contributed by atoms with Crippen molar-refractivity contribution in [2.75, 3.05) is 26.2 Å². The smallest absolute Gasteiger partial charge is 0.408 e. The van der Waals surface area contributed by atoms with Crippen molar-refractivity contribution in [1.29, 1.82) is 0 Å².